The fourth-order valence-electron chi connectivity index (χ4n) is 1.39. The summed E-state index contributed by atoms with van der Waals surface area (Å²) in [6.07, 6.45) is 1.55. The first-order chi connectivity index (χ1) is 7.47. The number of carboxylic acid groups (broad SMARTS) is 1. The van der Waals surface area contributed by atoms with E-state index in [9.17, 15) is 9.59 Å². The fourth-order valence-corrected chi connectivity index (χ4v) is 1.39. The van der Waals surface area contributed by atoms with Crippen LogP contribution >= 0.6 is 0 Å². The van der Waals surface area contributed by atoms with Crippen molar-refractivity contribution in [2.45, 2.75) is 39.2 Å². The molecule has 0 aromatic carbocycles. The lowest BCUT2D eigenvalue weighted by Crippen LogP contribution is -2.41. The molecule has 0 heterocycles. The number of hydrogen-bond acceptors (Lipinski definition) is 3. The maximum atomic E-state index is 11.4. The van der Waals surface area contributed by atoms with Crippen LogP contribution in [0, 0.1) is 5.92 Å². The van der Waals surface area contributed by atoms with Crippen LogP contribution in [-0.2, 0) is 9.59 Å². The van der Waals surface area contributed by atoms with Gasteiger partial charge in [-0.3, -0.25) is 4.79 Å². The molecule has 1 unspecified atom stereocenters. The number of carbonyl (C=O) groups is 2. The molecule has 0 spiro atoms. The third-order valence-electron chi connectivity index (χ3n) is 2.17. The van der Waals surface area contributed by atoms with Gasteiger partial charge in [-0.25, -0.2) is 4.79 Å². The SMILES string of the molecule is CNCCCC(=O)NC(CC(C)C)C(=O)O. The average molecular weight is 230 g/mol. The van der Waals surface area contributed by atoms with Crippen molar-refractivity contribution in [2.24, 2.45) is 5.92 Å². The maximum Gasteiger partial charge on any atom is 0.326 e. The Labute approximate surface area is 96.6 Å². The summed E-state index contributed by atoms with van der Waals surface area (Å²) >= 11 is 0. The largest absolute Gasteiger partial charge is 0.480 e. The first-order valence-corrected chi connectivity index (χ1v) is 5.64. The lowest BCUT2D eigenvalue weighted by Gasteiger charge is -2.16. The van der Waals surface area contributed by atoms with Crippen molar-refractivity contribution in [2.75, 3.05) is 13.6 Å². The Kier molecular flexibility index (Phi) is 7.54. The predicted octanol–water partition coefficient (Wildman–Crippen LogP) is 0.601. The molecule has 0 aromatic heterocycles. The van der Waals surface area contributed by atoms with Gasteiger partial charge in [0.25, 0.3) is 0 Å². The van der Waals surface area contributed by atoms with Gasteiger partial charge in [-0.15, -0.1) is 0 Å². The standard InChI is InChI=1S/C11H22N2O3/c1-8(2)7-9(11(15)16)13-10(14)5-4-6-12-3/h8-9,12H,4-7H2,1-3H3,(H,13,14)(H,15,16). The number of nitrogens with one attached hydrogen (secondary N) is 2. The molecule has 1 atom stereocenters. The summed E-state index contributed by atoms with van der Waals surface area (Å²) in [5.41, 5.74) is 0. The van der Waals surface area contributed by atoms with Crippen molar-refractivity contribution in [1.29, 1.82) is 0 Å². The van der Waals surface area contributed by atoms with E-state index in [1.54, 1.807) is 0 Å². The number of amides is 1. The van der Waals surface area contributed by atoms with Gasteiger partial charge in [0.15, 0.2) is 0 Å². The Morgan fingerprint density at radius 3 is 2.38 bits per heavy atom. The Bertz CT molecular complexity index is 229. The fraction of sp³-hybridized carbons (Fsp3) is 0.818. The van der Waals surface area contributed by atoms with Gasteiger partial charge < -0.3 is 15.7 Å². The van der Waals surface area contributed by atoms with Crippen molar-refractivity contribution < 1.29 is 14.7 Å². The first-order valence-electron chi connectivity index (χ1n) is 5.64. The van der Waals surface area contributed by atoms with Gasteiger partial charge in [-0.05, 0) is 32.4 Å². The third kappa shape index (κ3) is 7.23. The van der Waals surface area contributed by atoms with Gasteiger partial charge in [-0.2, -0.15) is 0 Å². The summed E-state index contributed by atoms with van der Waals surface area (Å²) in [7, 11) is 1.82. The minimum atomic E-state index is -0.962. The topological polar surface area (TPSA) is 78.4 Å². The van der Waals surface area contributed by atoms with Crippen molar-refractivity contribution in [3.63, 3.8) is 0 Å². The molecule has 0 radical (unpaired) electrons. The quantitative estimate of drug-likeness (QED) is 0.534. The Morgan fingerprint density at radius 1 is 1.31 bits per heavy atom. The second kappa shape index (κ2) is 8.10. The molecule has 0 fully saturated rings. The molecule has 1 amide bonds. The maximum absolute atomic E-state index is 11.4. The molecule has 0 aliphatic heterocycles. The number of hydrogen-bond donors (Lipinski definition) is 3. The van der Waals surface area contributed by atoms with E-state index in [-0.39, 0.29) is 11.8 Å². The minimum Gasteiger partial charge on any atom is -0.480 e. The van der Waals surface area contributed by atoms with Crippen LogP contribution in [0.1, 0.15) is 33.1 Å². The van der Waals surface area contributed by atoms with Crippen molar-refractivity contribution >= 4 is 11.9 Å². The Morgan fingerprint density at radius 2 is 1.94 bits per heavy atom. The third-order valence-corrected chi connectivity index (χ3v) is 2.17. The van der Waals surface area contributed by atoms with E-state index < -0.39 is 12.0 Å². The van der Waals surface area contributed by atoms with Crippen molar-refractivity contribution in [3.8, 4) is 0 Å². The summed E-state index contributed by atoms with van der Waals surface area (Å²) in [5, 5.41) is 14.4. The van der Waals surface area contributed by atoms with Crippen LogP contribution in [0.2, 0.25) is 0 Å². The average Bonchev–Trinajstić information content (AvgIpc) is 2.16. The monoisotopic (exact) mass is 230 g/mol. The summed E-state index contributed by atoms with van der Waals surface area (Å²) < 4.78 is 0. The van der Waals surface area contributed by atoms with Crippen LogP contribution in [0.3, 0.4) is 0 Å². The first kappa shape index (κ1) is 14.9. The van der Waals surface area contributed by atoms with Crippen LogP contribution in [-0.4, -0.2) is 36.6 Å². The molecule has 94 valence electrons. The molecule has 0 aliphatic carbocycles. The van der Waals surface area contributed by atoms with Gasteiger partial charge in [0.05, 0.1) is 0 Å². The van der Waals surface area contributed by atoms with E-state index in [0.717, 1.165) is 13.0 Å². The minimum absolute atomic E-state index is 0.191. The van der Waals surface area contributed by atoms with Crippen LogP contribution in [0.25, 0.3) is 0 Å². The molecule has 0 aromatic rings. The second-order valence-electron chi connectivity index (χ2n) is 4.29. The molecule has 5 nitrogen and oxygen atoms in total. The molecule has 3 N–H and O–H groups in total. The smallest absolute Gasteiger partial charge is 0.326 e. The van der Waals surface area contributed by atoms with Gasteiger partial charge in [-0.1, -0.05) is 13.8 Å². The van der Waals surface area contributed by atoms with Gasteiger partial charge in [0, 0.05) is 6.42 Å². The van der Waals surface area contributed by atoms with Crippen molar-refractivity contribution in [3.05, 3.63) is 0 Å². The van der Waals surface area contributed by atoms with E-state index in [4.69, 9.17) is 5.11 Å². The van der Waals surface area contributed by atoms with E-state index >= 15 is 0 Å². The lowest BCUT2D eigenvalue weighted by atomic mass is 10.0. The molecule has 0 aliphatic rings. The van der Waals surface area contributed by atoms with Crippen LogP contribution in [0.15, 0.2) is 0 Å². The summed E-state index contributed by atoms with van der Waals surface area (Å²) in [4.78, 5) is 22.3. The van der Waals surface area contributed by atoms with E-state index in [2.05, 4.69) is 10.6 Å². The predicted molar refractivity (Wildman–Crippen MR) is 62.2 cm³/mol. The molecular formula is C11H22N2O3. The van der Waals surface area contributed by atoms with Crippen molar-refractivity contribution in [1.82, 2.24) is 10.6 Å². The van der Waals surface area contributed by atoms with E-state index in [0.29, 0.717) is 12.8 Å². The second-order valence-corrected chi connectivity index (χ2v) is 4.29. The van der Waals surface area contributed by atoms with Crippen LogP contribution in [0.4, 0.5) is 0 Å². The van der Waals surface area contributed by atoms with Gasteiger partial charge in [0.1, 0.15) is 6.04 Å². The number of aliphatic carboxylic acids is 1. The van der Waals surface area contributed by atoms with E-state index in [1.807, 2.05) is 20.9 Å². The molecule has 0 bridgehead atoms. The molecule has 0 rings (SSSR count). The lowest BCUT2D eigenvalue weighted by molar-refractivity contribution is -0.142. The van der Waals surface area contributed by atoms with Gasteiger partial charge >= 0.3 is 5.97 Å². The van der Waals surface area contributed by atoms with Gasteiger partial charge in [0.2, 0.25) is 5.91 Å². The summed E-state index contributed by atoms with van der Waals surface area (Å²) in [6.45, 7) is 4.63. The normalized spacial score (nSPS) is 12.5. The van der Waals surface area contributed by atoms with Crippen LogP contribution < -0.4 is 10.6 Å². The molecule has 0 saturated heterocycles. The highest BCUT2D eigenvalue weighted by Crippen LogP contribution is 2.05. The molecule has 0 saturated carbocycles. The van der Waals surface area contributed by atoms with Crippen LogP contribution in [0.5, 0.6) is 0 Å². The summed E-state index contributed by atoms with van der Waals surface area (Å²) in [5.74, 6) is -0.905. The highest BCUT2D eigenvalue weighted by atomic mass is 16.4. The Balaban J connectivity index is 3.98. The zero-order valence-electron chi connectivity index (χ0n) is 10.2. The molecule has 16 heavy (non-hydrogen) atoms. The highest BCUT2D eigenvalue weighted by molar-refractivity contribution is 5.83. The number of carbonyl (C=O) groups excluding carboxylic acids is 1. The number of carboxylic acids is 1. The zero-order valence-corrected chi connectivity index (χ0v) is 10.2. The van der Waals surface area contributed by atoms with E-state index in [1.165, 1.54) is 0 Å². The number of rotatable bonds is 8. The summed E-state index contributed by atoms with van der Waals surface area (Å²) in [6, 6.07) is -0.762. The molecular weight excluding hydrogens is 208 g/mol. The molecule has 5 heteroatoms. The zero-order chi connectivity index (χ0) is 12.6. The Hall–Kier alpha value is -1.10. The highest BCUT2D eigenvalue weighted by Gasteiger charge is 2.20.